The van der Waals surface area contributed by atoms with E-state index in [0.717, 1.165) is 13.1 Å². The monoisotopic (exact) mass is 205 g/mol. The molecule has 0 aromatic rings. The molecule has 2 saturated heterocycles. The smallest absolute Gasteiger partial charge is 0.262 e. The summed E-state index contributed by atoms with van der Waals surface area (Å²) < 4.78 is 25.5. The van der Waals surface area contributed by atoms with Crippen LogP contribution in [0.1, 0.15) is 6.42 Å². The molecule has 0 aromatic heterocycles. The van der Waals surface area contributed by atoms with Crippen molar-refractivity contribution < 1.29 is 13.6 Å². The van der Waals surface area contributed by atoms with Crippen LogP contribution in [0.3, 0.4) is 0 Å². The lowest BCUT2D eigenvalue weighted by Crippen LogP contribution is -2.59. The van der Waals surface area contributed by atoms with E-state index >= 15 is 0 Å². The van der Waals surface area contributed by atoms with Crippen LogP contribution in [-0.4, -0.2) is 43.5 Å². The molecule has 2 rings (SSSR count). The van der Waals surface area contributed by atoms with Gasteiger partial charge in [-0.1, -0.05) is 0 Å². The van der Waals surface area contributed by atoms with Crippen LogP contribution >= 0.6 is 0 Å². The zero-order valence-corrected chi connectivity index (χ0v) is 7.65. The lowest BCUT2D eigenvalue weighted by molar-refractivity contribution is -0.124. The van der Waals surface area contributed by atoms with Crippen LogP contribution < -0.4 is 16.0 Å². The average molecular weight is 205 g/mol. The van der Waals surface area contributed by atoms with Gasteiger partial charge in [0, 0.05) is 19.5 Å². The predicted molar refractivity (Wildman–Crippen MR) is 46.2 cm³/mol. The van der Waals surface area contributed by atoms with Gasteiger partial charge in [0.25, 0.3) is 5.92 Å². The third-order valence-corrected chi connectivity index (χ3v) is 2.55. The maximum absolute atomic E-state index is 12.7. The van der Waals surface area contributed by atoms with E-state index in [1.165, 1.54) is 0 Å². The van der Waals surface area contributed by atoms with Crippen molar-refractivity contribution in [3.8, 4) is 0 Å². The summed E-state index contributed by atoms with van der Waals surface area (Å²) in [6.45, 7) is 1.07. The lowest BCUT2D eigenvalue weighted by Gasteiger charge is -2.29. The van der Waals surface area contributed by atoms with E-state index in [-0.39, 0.29) is 18.4 Å². The summed E-state index contributed by atoms with van der Waals surface area (Å²) in [5.41, 5.74) is 0. The maximum Gasteiger partial charge on any atom is 0.262 e. The fourth-order valence-electron chi connectivity index (χ4n) is 1.59. The topological polar surface area (TPSA) is 53.2 Å². The van der Waals surface area contributed by atoms with Crippen molar-refractivity contribution in [1.29, 1.82) is 0 Å². The highest BCUT2D eigenvalue weighted by Gasteiger charge is 2.42. The number of alkyl halides is 2. The average Bonchev–Trinajstić information content (AvgIpc) is 2.38. The zero-order valence-electron chi connectivity index (χ0n) is 7.65. The first kappa shape index (κ1) is 9.79. The predicted octanol–water partition coefficient (Wildman–Crippen LogP) is -0.928. The van der Waals surface area contributed by atoms with Crippen molar-refractivity contribution in [2.75, 3.05) is 19.6 Å². The fourth-order valence-corrected chi connectivity index (χ4v) is 1.59. The van der Waals surface area contributed by atoms with E-state index in [4.69, 9.17) is 0 Å². The standard InChI is InChI=1S/C8H13F2N3O/c9-8(10)1-6(12-4-8)7(14)13-5-2-11-3-5/h5-6,11-12H,1-4H2,(H,13,14). The summed E-state index contributed by atoms with van der Waals surface area (Å²) in [6.07, 6.45) is -0.390. The molecular weight excluding hydrogens is 192 g/mol. The number of halogens is 2. The van der Waals surface area contributed by atoms with Gasteiger partial charge in [-0.3, -0.25) is 10.1 Å². The minimum absolute atomic E-state index is 0.110. The van der Waals surface area contributed by atoms with Crippen molar-refractivity contribution in [2.45, 2.75) is 24.4 Å². The second-order valence-corrected chi connectivity index (χ2v) is 3.86. The highest BCUT2D eigenvalue weighted by atomic mass is 19.3. The van der Waals surface area contributed by atoms with Crippen LogP contribution in [0.5, 0.6) is 0 Å². The van der Waals surface area contributed by atoms with Crippen molar-refractivity contribution in [3.05, 3.63) is 0 Å². The van der Waals surface area contributed by atoms with Gasteiger partial charge in [0.2, 0.25) is 5.91 Å². The molecule has 1 unspecified atom stereocenters. The zero-order chi connectivity index (χ0) is 10.2. The number of carbonyl (C=O) groups is 1. The molecule has 6 heteroatoms. The molecule has 0 aromatic carbocycles. The van der Waals surface area contributed by atoms with Gasteiger partial charge in [-0.2, -0.15) is 0 Å². The highest BCUT2D eigenvalue weighted by Crippen LogP contribution is 2.25. The number of hydrogen-bond acceptors (Lipinski definition) is 3. The minimum atomic E-state index is -2.74. The number of amides is 1. The van der Waals surface area contributed by atoms with E-state index in [0.29, 0.717) is 0 Å². The third-order valence-electron chi connectivity index (χ3n) is 2.55. The highest BCUT2D eigenvalue weighted by molar-refractivity contribution is 5.82. The van der Waals surface area contributed by atoms with Gasteiger partial charge in [-0.15, -0.1) is 0 Å². The van der Waals surface area contributed by atoms with Crippen LogP contribution in [0, 0.1) is 0 Å². The molecule has 2 fully saturated rings. The Hall–Kier alpha value is -0.750. The van der Waals surface area contributed by atoms with Gasteiger partial charge >= 0.3 is 0 Å². The van der Waals surface area contributed by atoms with Crippen molar-refractivity contribution in [2.24, 2.45) is 0 Å². The Balaban J connectivity index is 1.80. The molecule has 0 bridgehead atoms. The molecule has 0 saturated carbocycles. The largest absolute Gasteiger partial charge is 0.349 e. The Morgan fingerprint density at radius 1 is 1.43 bits per heavy atom. The summed E-state index contributed by atoms with van der Waals surface area (Å²) >= 11 is 0. The summed E-state index contributed by atoms with van der Waals surface area (Å²) in [5, 5.41) is 8.21. The van der Waals surface area contributed by atoms with Gasteiger partial charge in [0.1, 0.15) is 0 Å². The summed E-state index contributed by atoms with van der Waals surface area (Å²) in [6, 6.07) is -0.621. The van der Waals surface area contributed by atoms with Crippen molar-refractivity contribution in [3.63, 3.8) is 0 Å². The molecule has 0 radical (unpaired) electrons. The molecule has 2 aliphatic heterocycles. The van der Waals surface area contributed by atoms with E-state index in [2.05, 4.69) is 16.0 Å². The molecule has 3 N–H and O–H groups in total. The summed E-state index contributed by atoms with van der Waals surface area (Å²) in [5.74, 6) is -3.05. The SMILES string of the molecule is O=C(NC1CNC1)C1CC(F)(F)CN1. The summed E-state index contributed by atoms with van der Waals surface area (Å²) in [7, 11) is 0. The molecule has 0 spiro atoms. The lowest BCUT2D eigenvalue weighted by atomic mass is 10.1. The van der Waals surface area contributed by atoms with Crippen molar-refractivity contribution in [1.82, 2.24) is 16.0 Å². The number of rotatable bonds is 2. The molecule has 14 heavy (non-hydrogen) atoms. The van der Waals surface area contributed by atoms with Crippen LogP contribution in [0.15, 0.2) is 0 Å². The Morgan fingerprint density at radius 2 is 2.14 bits per heavy atom. The van der Waals surface area contributed by atoms with Crippen LogP contribution in [0.25, 0.3) is 0 Å². The van der Waals surface area contributed by atoms with E-state index in [1.54, 1.807) is 0 Å². The molecule has 1 atom stereocenters. The molecule has 1 amide bonds. The van der Waals surface area contributed by atoms with Crippen LogP contribution in [0.4, 0.5) is 8.78 Å². The van der Waals surface area contributed by atoms with E-state index in [9.17, 15) is 13.6 Å². The fraction of sp³-hybridized carbons (Fsp3) is 0.875. The Kier molecular flexibility index (Phi) is 2.40. The normalized spacial score (nSPS) is 31.1. The Bertz CT molecular complexity index is 243. The Labute approximate surface area is 80.4 Å². The van der Waals surface area contributed by atoms with Crippen LogP contribution in [-0.2, 0) is 4.79 Å². The number of carbonyl (C=O) groups excluding carboxylic acids is 1. The van der Waals surface area contributed by atoms with E-state index < -0.39 is 18.5 Å². The Morgan fingerprint density at radius 3 is 2.57 bits per heavy atom. The minimum Gasteiger partial charge on any atom is -0.349 e. The van der Waals surface area contributed by atoms with Gasteiger partial charge < -0.3 is 10.6 Å². The number of hydrogen-bond donors (Lipinski definition) is 3. The van der Waals surface area contributed by atoms with Crippen LogP contribution in [0.2, 0.25) is 0 Å². The van der Waals surface area contributed by atoms with Gasteiger partial charge in [0.15, 0.2) is 0 Å². The summed E-state index contributed by atoms with van der Waals surface area (Å²) in [4.78, 5) is 11.4. The molecule has 2 heterocycles. The first-order chi connectivity index (χ1) is 6.57. The third kappa shape index (κ3) is 2.01. The van der Waals surface area contributed by atoms with Crippen molar-refractivity contribution >= 4 is 5.91 Å². The molecule has 80 valence electrons. The van der Waals surface area contributed by atoms with Gasteiger partial charge in [-0.05, 0) is 0 Å². The van der Waals surface area contributed by atoms with Gasteiger partial charge in [0.05, 0.1) is 18.6 Å². The number of nitrogens with one attached hydrogen (secondary N) is 3. The molecular formula is C8H13F2N3O. The first-order valence-corrected chi connectivity index (χ1v) is 4.69. The van der Waals surface area contributed by atoms with Gasteiger partial charge in [-0.25, -0.2) is 8.78 Å². The van der Waals surface area contributed by atoms with E-state index in [1.807, 2.05) is 0 Å². The second kappa shape index (κ2) is 3.43. The quantitative estimate of drug-likeness (QED) is 0.546. The molecule has 0 aliphatic carbocycles. The first-order valence-electron chi connectivity index (χ1n) is 4.69. The molecule has 4 nitrogen and oxygen atoms in total. The second-order valence-electron chi connectivity index (χ2n) is 3.86. The molecule has 2 aliphatic rings. The maximum atomic E-state index is 12.7.